The minimum absolute atomic E-state index is 0.370. The summed E-state index contributed by atoms with van der Waals surface area (Å²) in [4.78, 5) is 18.0. The molecule has 0 bridgehead atoms. The van der Waals surface area contributed by atoms with E-state index in [2.05, 4.69) is 10.1 Å². The SMILES string of the molecule is CC(=N)N1CCC(C2=NOC(C(N)=O)C2)CC1. The number of nitrogens with one attached hydrogen (secondary N) is 1. The summed E-state index contributed by atoms with van der Waals surface area (Å²) in [5.41, 5.74) is 6.13. The maximum Gasteiger partial charge on any atom is 0.261 e. The first-order valence-corrected chi connectivity index (χ1v) is 5.90. The Kier molecular flexibility index (Phi) is 3.31. The van der Waals surface area contributed by atoms with Crippen LogP contribution < -0.4 is 5.73 Å². The molecule has 0 aromatic rings. The van der Waals surface area contributed by atoms with Crippen LogP contribution in [-0.2, 0) is 9.63 Å². The minimum atomic E-state index is -0.576. The molecule has 0 aliphatic carbocycles. The third kappa shape index (κ3) is 2.57. The van der Waals surface area contributed by atoms with Crippen molar-refractivity contribution in [3.8, 4) is 0 Å². The summed E-state index contributed by atoms with van der Waals surface area (Å²) >= 11 is 0. The van der Waals surface area contributed by atoms with Crippen molar-refractivity contribution < 1.29 is 9.63 Å². The van der Waals surface area contributed by atoms with Crippen LogP contribution in [-0.4, -0.2) is 41.5 Å². The molecule has 2 heterocycles. The second-order valence-corrected chi connectivity index (χ2v) is 4.63. The van der Waals surface area contributed by atoms with E-state index in [9.17, 15) is 4.79 Å². The highest BCUT2D eigenvalue weighted by Crippen LogP contribution is 2.25. The lowest BCUT2D eigenvalue weighted by Crippen LogP contribution is -2.39. The van der Waals surface area contributed by atoms with Gasteiger partial charge in [-0.15, -0.1) is 0 Å². The number of oxime groups is 1. The third-order valence-corrected chi connectivity index (χ3v) is 3.45. The first kappa shape index (κ1) is 11.9. The van der Waals surface area contributed by atoms with Gasteiger partial charge >= 0.3 is 0 Å². The highest BCUT2D eigenvalue weighted by Gasteiger charge is 2.32. The number of primary amides is 1. The molecule has 17 heavy (non-hydrogen) atoms. The Balaban J connectivity index is 1.86. The number of carbonyl (C=O) groups is 1. The van der Waals surface area contributed by atoms with Gasteiger partial charge in [0.25, 0.3) is 5.91 Å². The molecular formula is C11H18N4O2. The van der Waals surface area contributed by atoms with E-state index in [1.807, 2.05) is 0 Å². The molecule has 6 nitrogen and oxygen atoms in total. The Morgan fingerprint density at radius 2 is 2.18 bits per heavy atom. The normalized spacial score (nSPS) is 25.4. The van der Waals surface area contributed by atoms with Gasteiger partial charge in [0.2, 0.25) is 6.10 Å². The molecule has 1 amide bonds. The van der Waals surface area contributed by atoms with E-state index in [1.54, 1.807) is 6.92 Å². The summed E-state index contributed by atoms with van der Waals surface area (Å²) in [6, 6.07) is 0. The Bertz CT molecular complexity index is 358. The number of piperidine rings is 1. The lowest BCUT2D eigenvalue weighted by molar-refractivity contribution is -0.127. The Morgan fingerprint density at radius 1 is 1.53 bits per heavy atom. The van der Waals surface area contributed by atoms with Crippen LogP contribution in [0.15, 0.2) is 5.16 Å². The van der Waals surface area contributed by atoms with Gasteiger partial charge in [0.15, 0.2) is 0 Å². The molecule has 3 N–H and O–H groups in total. The molecule has 0 saturated carbocycles. The Labute approximate surface area is 100 Å². The van der Waals surface area contributed by atoms with Crippen LogP contribution >= 0.6 is 0 Å². The molecule has 0 spiro atoms. The molecular weight excluding hydrogens is 220 g/mol. The van der Waals surface area contributed by atoms with E-state index in [-0.39, 0.29) is 0 Å². The average molecular weight is 238 g/mol. The number of nitrogens with zero attached hydrogens (tertiary/aromatic N) is 2. The lowest BCUT2D eigenvalue weighted by atomic mass is 9.89. The summed E-state index contributed by atoms with van der Waals surface area (Å²) in [6.07, 6.45) is 1.88. The molecule has 6 heteroatoms. The van der Waals surface area contributed by atoms with Crippen LogP contribution in [0.3, 0.4) is 0 Å². The molecule has 1 saturated heterocycles. The maximum atomic E-state index is 11.0. The van der Waals surface area contributed by atoms with Gasteiger partial charge in [0.05, 0.1) is 11.5 Å². The van der Waals surface area contributed by atoms with Gasteiger partial charge in [-0.3, -0.25) is 10.2 Å². The number of hydrogen-bond acceptors (Lipinski definition) is 4. The monoisotopic (exact) mass is 238 g/mol. The van der Waals surface area contributed by atoms with E-state index >= 15 is 0 Å². The first-order chi connectivity index (χ1) is 8.08. The molecule has 1 unspecified atom stereocenters. The smallest absolute Gasteiger partial charge is 0.261 e. The Morgan fingerprint density at radius 3 is 2.65 bits per heavy atom. The second-order valence-electron chi connectivity index (χ2n) is 4.63. The van der Waals surface area contributed by atoms with Crippen molar-refractivity contribution in [3.63, 3.8) is 0 Å². The van der Waals surface area contributed by atoms with Crippen molar-refractivity contribution in [1.29, 1.82) is 5.41 Å². The number of nitrogens with two attached hydrogens (primary N) is 1. The summed E-state index contributed by atoms with van der Waals surface area (Å²) in [5.74, 6) is 0.537. The Hall–Kier alpha value is -1.59. The minimum Gasteiger partial charge on any atom is -0.382 e. The van der Waals surface area contributed by atoms with Gasteiger partial charge in [0, 0.05) is 25.4 Å². The number of rotatable bonds is 2. The van der Waals surface area contributed by atoms with Gasteiger partial charge in [-0.05, 0) is 19.8 Å². The van der Waals surface area contributed by atoms with Gasteiger partial charge in [-0.25, -0.2) is 0 Å². The van der Waals surface area contributed by atoms with Crippen LogP contribution in [0, 0.1) is 11.3 Å². The van der Waals surface area contributed by atoms with Crippen LogP contribution in [0.5, 0.6) is 0 Å². The predicted molar refractivity (Wildman–Crippen MR) is 63.8 cm³/mol. The van der Waals surface area contributed by atoms with Crippen molar-refractivity contribution in [2.75, 3.05) is 13.1 Å². The summed E-state index contributed by atoms with van der Waals surface area (Å²) in [7, 11) is 0. The number of hydrogen-bond donors (Lipinski definition) is 2. The van der Waals surface area contributed by atoms with Crippen LogP contribution in [0.2, 0.25) is 0 Å². The lowest BCUT2D eigenvalue weighted by Gasteiger charge is -2.32. The van der Waals surface area contributed by atoms with Gasteiger partial charge in [-0.2, -0.15) is 0 Å². The number of likely N-dealkylation sites (tertiary alicyclic amines) is 1. The highest BCUT2D eigenvalue weighted by atomic mass is 16.6. The standard InChI is InChI=1S/C11H18N4O2/c1-7(12)15-4-2-8(3-5-15)9-6-10(11(13)16)17-14-9/h8,10,12H,2-6H2,1H3,(H2,13,16). The zero-order valence-electron chi connectivity index (χ0n) is 9.98. The molecule has 2 rings (SSSR count). The average Bonchev–Trinajstić information content (AvgIpc) is 2.78. The van der Waals surface area contributed by atoms with Gasteiger partial charge in [-0.1, -0.05) is 5.16 Å². The van der Waals surface area contributed by atoms with Crippen molar-refractivity contribution in [1.82, 2.24) is 4.90 Å². The van der Waals surface area contributed by atoms with Crippen LogP contribution in [0.4, 0.5) is 0 Å². The topological polar surface area (TPSA) is 91.8 Å². The molecule has 1 atom stereocenters. The number of carbonyl (C=O) groups excluding carboxylic acids is 1. The van der Waals surface area contributed by atoms with Crippen molar-refractivity contribution >= 4 is 17.5 Å². The van der Waals surface area contributed by atoms with Crippen LogP contribution in [0.25, 0.3) is 0 Å². The summed E-state index contributed by atoms with van der Waals surface area (Å²) in [6.45, 7) is 3.56. The van der Waals surface area contributed by atoms with E-state index in [0.717, 1.165) is 31.6 Å². The number of amides is 1. The molecule has 1 fully saturated rings. The fourth-order valence-electron chi connectivity index (χ4n) is 2.34. The molecule has 2 aliphatic rings. The first-order valence-electron chi connectivity index (χ1n) is 5.90. The molecule has 2 aliphatic heterocycles. The van der Waals surface area contributed by atoms with E-state index < -0.39 is 12.0 Å². The maximum absolute atomic E-state index is 11.0. The predicted octanol–water partition coefficient (Wildman–Crippen LogP) is 0.326. The van der Waals surface area contributed by atoms with E-state index in [1.165, 1.54) is 0 Å². The van der Waals surface area contributed by atoms with Gasteiger partial charge < -0.3 is 15.5 Å². The fraction of sp³-hybridized carbons (Fsp3) is 0.727. The molecule has 94 valence electrons. The summed E-state index contributed by atoms with van der Waals surface area (Å²) in [5, 5.41) is 11.5. The quantitative estimate of drug-likeness (QED) is 0.536. The summed E-state index contributed by atoms with van der Waals surface area (Å²) < 4.78 is 0. The highest BCUT2D eigenvalue weighted by molar-refractivity contribution is 5.93. The molecule has 0 aromatic heterocycles. The van der Waals surface area contributed by atoms with Crippen LogP contribution in [0.1, 0.15) is 26.2 Å². The van der Waals surface area contributed by atoms with E-state index in [0.29, 0.717) is 18.2 Å². The molecule has 0 radical (unpaired) electrons. The van der Waals surface area contributed by atoms with E-state index in [4.69, 9.17) is 16.0 Å². The number of amidine groups is 1. The third-order valence-electron chi connectivity index (χ3n) is 3.45. The van der Waals surface area contributed by atoms with Crippen molar-refractivity contribution in [3.05, 3.63) is 0 Å². The van der Waals surface area contributed by atoms with Gasteiger partial charge in [0.1, 0.15) is 0 Å². The van der Waals surface area contributed by atoms with Crippen molar-refractivity contribution in [2.45, 2.75) is 32.3 Å². The fourth-order valence-corrected chi connectivity index (χ4v) is 2.34. The zero-order chi connectivity index (χ0) is 12.4. The largest absolute Gasteiger partial charge is 0.382 e. The van der Waals surface area contributed by atoms with Crippen molar-refractivity contribution in [2.24, 2.45) is 16.8 Å². The molecule has 0 aromatic carbocycles. The second kappa shape index (κ2) is 4.73. The zero-order valence-corrected chi connectivity index (χ0v) is 9.98.